The van der Waals surface area contributed by atoms with Gasteiger partial charge in [0.05, 0.1) is 5.08 Å². The van der Waals surface area contributed by atoms with Gasteiger partial charge in [-0.15, -0.1) is 3.77 Å². The van der Waals surface area contributed by atoms with Crippen molar-refractivity contribution in [1.82, 2.24) is 0 Å². The molecule has 0 amide bonds. The van der Waals surface area contributed by atoms with Crippen molar-refractivity contribution in [3.8, 4) is 0 Å². The standard InChI is InChI=1S/C2H7N2O5S3.2Rf.Y/c1-3-12(9,2-10(5)6)4-11(7)8;;;/h2H2,1H3,(H2-,3,4,5,6,7,8,9);;;/q-1;;;/p-1. The van der Waals surface area contributed by atoms with Gasteiger partial charge in [0.15, 0.2) is 0 Å². The van der Waals surface area contributed by atoms with E-state index in [9.17, 15) is 17.2 Å². The second-order valence-corrected chi connectivity index (χ2v) is 5.70. The molecule has 0 bridgehead atoms. The molecule has 1 radical (unpaired) electrons. The molecular weight excluding hydrogens is 851 g/mol. The molecule has 0 aromatic carbocycles. The van der Waals surface area contributed by atoms with Crippen molar-refractivity contribution in [2.45, 2.75) is 0 Å². The molecule has 3 unspecified atom stereocenters. The fourth-order valence-corrected chi connectivity index (χ4v) is 3.38. The molecule has 1 N–H and O–H groups in total. The monoisotopic (exact) mass is 857 g/mol. The van der Waals surface area contributed by atoms with Crippen LogP contribution in [0.3, 0.4) is 0 Å². The van der Waals surface area contributed by atoms with Gasteiger partial charge in [0.25, 0.3) is 11.3 Å². The maximum atomic E-state index is 11.1. The Morgan fingerprint density at radius 1 is 1.47 bits per heavy atom. The van der Waals surface area contributed by atoms with E-state index < -0.39 is 37.3 Å². The van der Waals surface area contributed by atoms with Crippen LogP contribution in [0.5, 0.6) is 0 Å². The van der Waals surface area contributed by atoms with Crippen LogP contribution in [0.25, 0.3) is 4.72 Å². The van der Waals surface area contributed by atoms with E-state index in [1.807, 2.05) is 0 Å². The predicted octanol–water partition coefficient (Wildman–Crippen LogP) is -0.656. The van der Waals surface area contributed by atoms with Crippen LogP contribution in [0.15, 0.2) is 3.77 Å². The Hall–Kier alpha value is -0.766. The summed E-state index contributed by atoms with van der Waals surface area (Å²) in [7, 11) is -2.38. The summed E-state index contributed by atoms with van der Waals surface area (Å²) in [4.78, 5) is 0. The normalized spacial score (nSPS) is 16.7. The minimum atomic E-state index is -3.44. The summed E-state index contributed by atoms with van der Waals surface area (Å²) < 4.78 is 55.4. The van der Waals surface area contributed by atoms with Crippen molar-refractivity contribution in [3.63, 3.8) is 0 Å². The zero-order valence-electron chi connectivity index (χ0n) is 7.90. The number of hydrogen-bond donors (Lipinski definition) is 1. The van der Waals surface area contributed by atoms with Crippen LogP contribution in [0.4, 0.5) is 0 Å². The molecule has 0 heterocycles. The van der Waals surface area contributed by atoms with Gasteiger partial charge in [-0.25, -0.2) is 4.21 Å². The molecule has 0 aromatic rings. The van der Waals surface area contributed by atoms with E-state index in [2.05, 4.69) is 8.49 Å². The van der Waals surface area contributed by atoms with E-state index in [1.165, 1.54) is 0 Å². The average Bonchev–Trinajstić information content (AvgIpc) is 1.83. The first-order valence-corrected chi connectivity index (χ1v) is 6.37. The summed E-state index contributed by atoms with van der Waals surface area (Å²) in [5, 5.41) is -0.865. The van der Waals surface area contributed by atoms with E-state index >= 15 is 0 Å². The molecule has 81 valence electrons. The molecule has 3 atom stereocenters. The Balaban J connectivity index is -0.000000202. The second kappa shape index (κ2) is 9.78. The zero-order chi connectivity index (χ0) is 9.78. The van der Waals surface area contributed by atoms with E-state index in [4.69, 9.17) is 4.55 Å². The molecule has 0 rings (SSSR count). The van der Waals surface area contributed by atoms with Crippen LogP contribution in [-0.4, -0.2) is 33.9 Å². The summed E-state index contributed by atoms with van der Waals surface area (Å²) in [6, 6.07) is 0. The van der Waals surface area contributed by atoms with Crippen LogP contribution >= 0.6 is 0 Å². The van der Waals surface area contributed by atoms with Crippen LogP contribution in [-0.2, 0) is 65.0 Å². The maximum Gasteiger partial charge on any atom is 0.288 e. The summed E-state index contributed by atoms with van der Waals surface area (Å²) in [6.45, 7) is 0. The Kier molecular flexibility index (Phi) is 15.5. The largest absolute Gasteiger partial charge is 0.772 e. The van der Waals surface area contributed by atoms with Gasteiger partial charge < -0.3 is 9.27 Å². The van der Waals surface area contributed by atoms with Gasteiger partial charge in [0, 0.05) is 32.7 Å². The molecule has 0 fully saturated rings. The van der Waals surface area contributed by atoms with Gasteiger partial charge >= 0.3 is 0 Å². The minimum Gasteiger partial charge on any atom is -0.772 e. The van der Waals surface area contributed by atoms with Gasteiger partial charge in [-0.3, -0.25) is 13.0 Å². The summed E-state index contributed by atoms with van der Waals surface area (Å²) in [6.07, 6.45) is 0. The first-order chi connectivity index (χ1) is 5.39. The molecule has 0 spiro atoms. The van der Waals surface area contributed by atoms with Crippen molar-refractivity contribution < 1.29 is 54.4 Å². The van der Waals surface area contributed by atoms with Gasteiger partial charge in [0.1, 0.15) is 0 Å². The van der Waals surface area contributed by atoms with Crippen molar-refractivity contribution in [2.75, 3.05) is 12.1 Å². The van der Waals surface area contributed by atoms with Crippen LogP contribution in [0, 0.1) is 0 Å². The van der Waals surface area contributed by atoms with Gasteiger partial charge in [0.2, 0.25) is 0 Å². The Bertz CT molecular complexity index is 317. The maximum absolute atomic E-state index is 11.1. The molecule has 7 nitrogen and oxygen atoms in total. The zero-order valence-corrected chi connectivity index (χ0v) is 26.0. The minimum absolute atomic E-state index is 0. The average molecular weight is 857 g/mol. The van der Waals surface area contributed by atoms with Crippen molar-refractivity contribution >= 4 is 32.3 Å². The van der Waals surface area contributed by atoms with E-state index in [0.29, 0.717) is 0 Å². The summed E-state index contributed by atoms with van der Waals surface area (Å²) in [5.41, 5.74) is 0. The van der Waals surface area contributed by atoms with E-state index in [1.54, 1.807) is 0 Å². The second-order valence-electron chi connectivity index (χ2n) is 1.52. The van der Waals surface area contributed by atoms with Gasteiger partial charge in [-0.2, -0.15) is 7.05 Å². The van der Waals surface area contributed by atoms with Crippen LogP contribution < -0.4 is 0 Å². The topological polar surface area (TPSA) is 121 Å². The molecule has 0 saturated heterocycles. The Morgan fingerprint density at radius 2 is 1.87 bits per heavy atom. The first kappa shape index (κ1) is 23.8. The molecule has 15 heavy (non-hydrogen) atoms. The molecule has 0 aliphatic rings. The Morgan fingerprint density at radius 3 is 2.07 bits per heavy atom. The van der Waals surface area contributed by atoms with Crippen LogP contribution in [0.1, 0.15) is 0 Å². The molecule has 0 aliphatic carbocycles. The first-order valence-electron chi connectivity index (χ1n) is 2.42. The van der Waals surface area contributed by atoms with Crippen molar-refractivity contribution in [3.05, 3.63) is 4.72 Å². The number of nitrogens with zero attached hydrogens (tertiary/aromatic N) is 2. The van der Waals surface area contributed by atoms with Crippen LogP contribution in [0.2, 0.25) is 0 Å². The summed E-state index contributed by atoms with van der Waals surface area (Å²) in [5.74, 6) is 0. The molecule has 13 heteroatoms. The SMILES string of the molecule is C[N-]S(=O)(CS(=O)[O-])=NS(=O)O.[Rf].[Rf].[Y]. The van der Waals surface area contributed by atoms with Crippen molar-refractivity contribution in [2.24, 2.45) is 3.77 Å². The third-order valence-electron chi connectivity index (χ3n) is 0.715. The number of rotatable bonds is 4. The summed E-state index contributed by atoms with van der Waals surface area (Å²) >= 11 is -5.28. The van der Waals surface area contributed by atoms with Gasteiger partial charge in [-0.05, 0) is 21.0 Å². The fraction of sp³-hybridized carbons (Fsp3) is 1.00. The van der Waals surface area contributed by atoms with E-state index in [0.717, 1.165) is 7.05 Å². The molecule has 0 aromatic heterocycles. The Labute approximate surface area is 106 Å². The third-order valence-corrected chi connectivity index (χ3v) is 4.73. The molecule has 0 aliphatic heterocycles. The smallest absolute Gasteiger partial charge is 0.288 e. The van der Waals surface area contributed by atoms with E-state index in [-0.39, 0.29) is 32.7 Å². The third kappa shape index (κ3) is 11.2. The molecular formula is C2H6N2O5Rf2S3Y-2. The predicted molar refractivity (Wildman–Crippen MR) is 44.4 cm³/mol. The molecule has 0 saturated carbocycles. The number of hydrogen-bond acceptors (Lipinski definition) is 4. The van der Waals surface area contributed by atoms with Gasteiger partial charge in [-0.1, -0.05) is 0 Å². The fourth-order valence-electron chi connectivity index (χ4n) is 0.333. The van der Waals surface area contributed by atoms with Crippen molar-refractivity contribution in [1.29, 1.82) is 0 Å². The quantitative estimate of drug-likeness (QED) is 0.377.